The van der Waals surface area contributed by atoms with Crippen LogP contribution in [0, 0.1) is 11.3 Å². The van der Waals surface area contributed by atoms with E-state index in [2.05, 4.69) is 6.07 Å². The van der Waals surface area contributed by atoms with Gasteiger partial charge >= 0.3 is 5.97 Å². The number of hydrogen-bond acceptors (Lipinski definition) is 8. The number of carbonyl (C=O) groups is 4. The molecule has 208 valence electrons. The maximum absolute atomic E-state index is 13.3. The molecule has 8 nitrogen and oxygen atoms in total. The minimum absolute atomic E-state index is 0.0340. The number of aryl methyl sites for hydroxylation is 2. The number of ether oxygens (including phenoxy) is 1. The summed E-state index contributed by atoms with van der Waals surface area (Å²) in [5.41, 5.74) is 3.16. The fourth-order valence-corrected chi connectivity index (χ4v) is 6.17. The van der Waals surface area contributed by atoms with E-state index < -0.39 is 29.5 Å². The van der Waals surface area contributed by atoms with Crippen LogP contribution in [0.5, 0.6) is 0 Å². The number of carbonyl (C=O) groups excluding carboxylic acids is 4. The molecule has 5 rings (SSSR count). The van der Waals surface area contributed by atoms with Gasteiger partial charge in [-0.25, -0.2) is 14.7 Å². The van der Waals surface area contributed by atoms with Gasteiger partial charge in [0.05, 0.1) is 32.1 Å². The van der Waals surface area contributed by atoms with Crippen LogP contribution in [0.4, 0.5) is 5.69 Å². The summed E-state index contributed by atoms with van der Waals surface area (Å²) >= 11 is 12.9. The number of ketones is 1. The number of fused-ring (bicyclic) bond motifs is 1. The van der Waals surface area contributed by atoms with Gasteiger partial charge in [0, 0.05) is 17.7 Å². The van der Waals surface area contributed by atoms with Crippen LogP contribution in [0.2, 0.25) is 10.0 Å². The molecule has 11 heteroatoms. The van der Waals surface area contributed by atoms with Gasteiger partial charge in [-0.3, -0.25) is 14.4 Å². The molecular formula is C30H23Cl2N3O5S. The number of nitriles is 1. The molecule has 1 unspecified atom stereocenters. The summed E-state index contributed by atoms with van der Waals surface area (Å²) in [4.78, 5) is 56.8. The summed E-state index contributed by atoms with van der Waals surface area (Å²) < 4.78 is 5.13. The number of hydrogen-bond donors (Lipinski definition) is 0. The number of imide groups is 1. The normalized spacial score (nSPS) is 16.6. The van der Waals surface area contributed by atoms with Crippen molar-refractivity contribution < 1.29 is 23.9 Å². The van der Waals surface area contributed by atoms with Gasteiger partial charge < -0.3 is 4.74 Å². The number of nitrogens with zero attached hydrogens (tertiary/aromatic N) is 3. The Morgan fingerprint density at radius 2 is 1.73 bits per heavy atom. The van der Waals surface area contributed by atoms with E-state index in [1.165, 1.54) is 42.5 Å². The Morgan fingerprint density at radius 1 is 1.00 bits per heavy atom. The lowest BCUT2D eigenvalue weighted by atomic mass is 10.1. The van der Waals surface area contributed by atoms with Crippen LogP contribution in [0.1, 0.15) is 63.2 Å². The minimum Gasteiger partial charge on any atom is -0.454 e. The van der Waals surface area contributed by atoms with Crippen LogP contribution in [-0.4, -0.2) is 40.4 Å². The lowest BCUT2D eigenvalue weighted by molar-refractivity contribution is -0.121. The molecule has 2 heterocycles. The molecule has 41 heavy (non-hydrogen) atoms. The predicted octanol–water partition coefficient (Wildman–Crippen LogP) is 5.99. The third kappa shape index (κ3) is 6.30. The minimum atomic E-state index is -0.740. The van der Waals surface area contributed by atoms with Gasteiger partial charge in [0.2, 0.25) is 11.8 Å². The number of amides is 2. The zero-order chi connectivity index (χ0) is 29.1. The molecule has 1 aliphatic carbocycles. The van der Waals surface area contributed by atoms with Crippen molar-refractivity contribution in [3.8, 4) is 6.07 Å². The first-order chi connectivity index (χ1) is 19.7. The Bertz CT molecular complexity index is 1600. The number of benzene rings is 2. The molecule has 2 aliphatic rings. The van der Waals surface area contributed by atoms with E-state index in [9.17, 15) is 24.4 Å². The SMILES string of the molecule is N#Cc1cc2c(nc1SC1CC(=O)N(c3ccc(C(=O)OCC(=O)c4ccc(Cl)c(Cl)c4)cc3)C1=O)CCCCC2. The second-order valence-corrected chi connectivity index (χ2v) is 11.7. The van der Waals surface area contributed by atoms with Gasteiger partial charge in [0.1, 0.15) is 11.1 Å². The zero-order valence-electron chi connectivity index (χ0n) is 21.7. The van der Waals surface area contributed by atoms with E-state index in [-0.39, 0.29) is 28.5 Å². The fourth-order valence-electron chi connectivity index (χ4n) is 4.78. The third-order valence-corrected chi connectivity index (χ3v) is 8.86. The van der Waals surface area contributed by atoms with Crippen LogP contribution in [0.15, 0.2) is 53.6 Å². The number of aromatic nitrogens is 1. The fraction of sp³-hybridized carbons (Fsp3) is 0.267. The van der Waals surface area contributed by atoms with Crippen molar-refractivity contribution in [2.45, 2.75) is 48.8 Å². The molecule has 2 amide bonds. The first-order valence-electron chi connectivity index (χ1n) is 13.0. The molecule has 0 saturated carbocycles. The predicted molar refractivity (Wildman–Crippen MR) is 154 cm³/mol. The molecule has 1 saturated heterocycles. The van der Waals surface area contributed by atoms with Gasteiger partial charge in [-0.15, -0.1) is 0 Å². The van der Waals surface area contributed by atoms with Gasteiger partial charge in [-0.1, -0.05) is 41.4 Å². The van der Waals surface area contributed by atoms with E-state index in [1.807, 2.05) is 6.07 Å². The van der Waals surface area contributed by atoms with Crippen LogP contribution >= 0.6 is 35.0 Å². The highest BCUT2D eigenvalue weighted by Gasteiger charge is 2.41. The molecule has 0 spiro atoms. The maximum atomic E-state index is 13.3. The van der Waals surface area contributed by atoms with Crippen molar-refractivity contribution in [1.29, 1.82) is 5.26 Å². The third-order valence-electron chi connectivity index (χ3n) is 6.93. The van der Waals surface area contributed by atoms with E-state index >= 15 is 0 Å². The molecule has 0 N–H and O–H groups in total. The maximum Gasteiger partial charge on any atom is 0.338 e. The summed E-state index contributed by atoms with van der Waals surface area (Å²) in [5, 5.41) is 9.96. The number of pyridine rings is 1. The molecule has 0 bridgehead atoms. The second-order valence-electron chi connectivity index (χ2n) is 9.67. The summed E-state index contributed by atoms with van der Waals surface area (Å²) in [6.07, 6.45) is 4.88. The van der Waals surface area contributed by atoms with Gasteiger partial charge in [0.25, 0.3) is 0 Å². The monoisotopic (exact) mass is 607 g/mol. The summed E-state index contributed by atoms with van der Waals surface area (Å²) in [6, 6.07) is 14.2. The lowest BCUT2D eigenvalue weighted by Crippen LogP contribution is -2.31. The summed E-state index contributed by atoms with van der Waals surface area (Å²) in [5.74, 6) is -1.99. The van der Waals surface area contributed by atoms with Crippen LogP contribution in [0.3, 0.4) is 0 Å². The highest BCUT2D eigenvalue weighted by Crippen LogP contribution is 2.36. The lowest BCUT2D eigenvalue weighted by Gasteiger charge is -2.16. The number of esters is 1. The average Bonchev–Trinajstić information content (AvgIpc) is 3.11. The van der Waals surface area contributed by atoms with Crippen LogP contribution < -0.4 is 4.90 Å². The number of rotatable bonds is 7. The van der Waals surface area contributed by atoms with Crippen molar-refractivity contribution in [3.63, 3.8) is 0 Å². The molecule has 1 fully saturated rings. The van der Waals surface area contributed by atoms with Crippen molar-refractivity contribution in [1.82, 2.24) is 4.98 Å². The molecule has 1 aliphatic heterocycles. The standard InChI is InChI=1S/C30H23Cl2N3O5S/c31-22-11-8-19(13-23(22)32)25(36)16-40-30(39)17-6-9-21(10-7-17)35-27(37)14-26(29(35)38)41-28-20(15-33)12-18-4-2-1-3-5-24(18)34-28/h6-13,26H,1-5,14,16H2. The summed E-state index contributed by atoms with van der Waals surface area (Å²) in [7, 11) is 0. The quantitative estimate of drug-likeness (QED) is 0.139. The van der Waals surface area contributed by atoms with Crippen molar-refractivity contribution in [2.24, 2.45) is 0 Å². The molecule has 3 aromatic rings. The average molecular weight is 609 g/mol. The van der Waals surface area contributed by atoms with Crippen LogP contribution in [0.25, 0.3) is 0 Å². The first-order valence-corrected chi connectivity index (χ1v) is 14.6. The van der Waals surface area contributed by atoms with E-state index in [4.69, 9.17) is 32.9 Å². The molecule has 0 radical (unpaired) electrons. The number of Topliss-reactive ketones (excluding diaryl/α,β-unsaturated/α-hetero) is 1. The van der Waals surface area contributed by atoms with Gasteiger partial charge in [-0.2, -0.15) is 5.26 Å². The Morgan fingerprint density at radius 3 is 2.46 bits per heavy atom. The Labute approximate surface area is 250 Å². The van der Waals surface area contributed by atoms with Crippen molar-refractivity contribution >= 4 is 64.2 Å². The molecule has 1 aromatic heterocycles. The van der Waals surface area contributed by atoms with E-state index in [1.54, 1.807) is 0 Å². The highest BCUT2D eigenvalue weighted by atomic mass is 35.5. The topological polar surface area (TPSA) is 117 Å². The van der Waals surface area contributed by atoms with Crippen LogP contribution in [-0.2, 0) is 27.2 Å². The number of anilines is 1. The second kappa shape index (κ2) is 12.4. The molecule has 2 aromatic carbocycles. The van der Waals surface area contributed by atoms with Gasteiger partial charge in [0.15, 0.2) is 12.4 Å². The molecular weight excluding hydrogens is 585 g/mol. The smallest absolute Gasteiger partial charge is 0.338 e. The highest BCUT2D eigenvalue weighted by molar-refractivity contribution is 8.00. The summed E-state index contributed by atoms with van der Waals surface area (Å²) in [6.45, 7) is -0.498. The van der Waals surface area contributed by atoms with E-state index in [0.717, 1.165) is 60.0 Å². The zero-order valence-corrected chi connectivity index (χ0v) is 24.0. The van der Waals surface area contributed by atoms with Crippen molar-refractivity contribution in [3.05, 3.63) is 86.5 Å². The number of thioether (sulfide) groups is 1. The Hall–Kier alpha value is -3.71. The molecule has 1 atom stereocenters. The number of halogens is 2. The largest absolute Gasteiger partial charge is 0.454 e. The van der Waals surface area contributed by atoms with Crippen molar-refractivity contribution in [2.75, 3.05) is 11.5 Å². The Kier molecular flexibility index (Phi) is 8.74. The van der Waals surface area contributed by atoms with E-state index in [0.29, 0.717) is 21.3 Å². The first kappa shape index (κ1) is 28.8. The Balaban J connectivity index is 1.24. The van der Waals surface area contributed by atoms with Gasteiger partial charge in [-0.05, 0) is 79.8 Å².